The smallest absolute Gasteiger partial charge is 0.311 e. The lowest BCUT2D eigenvalue weighted by molar-refractivity contribution is -0.384. The van der Waals surface area contributed by atoms with Crippen LogP contribution in [0, 0.1) is 10.1 Å². The third kappa shape index (κ3) is 4.93. The lowest BCUT2D eigenvalue weighted by Crippen LogP contribution is -2.44. The summed E-state index contributed by atoms with van der Waals surface area (Å²) in [5, 5.41) is 17.7. The molecule has 2 aromatic heterocycles. The molecule has 0 bridgehead atoms. The fourth-order valence-electron chi connectivity index (χ4n) is 3.82. The number of alkyl halides is 1. The van der Waals surface area contributed by atoms with Crippen LogP contribution in [0.2, 0.25) is 0 Å². The number of nitro groups is 1. The SMILES string of the molecule is CC1C(F)CCCN1c1ccc(Nc2nc(NCc3ccncc3)ccc2[N+](=O)[O-])cc1. The van der Waals surface area contributed by atoms with Crippen molar-refractivity contribution in [2.45, 2.75) is 38.5 Å². The van der Waals surface area contributed by atoms with Gasteiger partial charge in [0.25, 0.3) is 0 Å². The third-order valence-electron chi connectivity index (χ3n) is 5.65. The average Bonchev–Trinajstić information content (AvgIpc) is 2.81. The number of aromatic nitrogens is 2. The van der Waals surface area contributed by atoms with Gasteiger partial charge in [0.15, 0.2) is 0 Å². The highest BCUT2D eigenvalue weighted by Crippen LogP contribution is 2.30. The van der Waals surface area contributed by atoms with Crippen molar-refractivity contribution in [3.05, 3.63) is 76.6 Å². The van der Waals surface area contributed by atoms with Crippen molar-refractivity contribution in [3.63, 3.8) is 0 Å². The lowest BCUT2D eigenvalue weighted by atomic mass is 10.0. The minimum absolute atomic E-state index is 0.117. The molecule has 32 heavy (non-hydrogen) atoms. The van der Waals surface area contributed by atoms with Gasteiger partial charge in [-0.3, -0.25) is 15.1 Å². The number of benzene rings is 1. The molecule has 1 aliphatic rings. The molecule has 1 aromatic carbocycles. The summed E-state index contributed by atoms with van der Waals surface area (Å²) in [6.45, 7) is 3.23. The summed E-state index contributed by atoms with van der Waals surface area (Å²) < 4.78 is 14.1. The Labute approximate surface area is 185 Å². The van der Waals surface area contributed by atoms with Gasteiger partial charge in [-0.25, -0.2) is 9.37 Å². The molecule has 1 aliphatic heterocycles. The highest BCUT2D eigenvalue weighted by molar-refractivity contribution is 5.69. The maximum absolute atomic E-state index is 14.1. The zero-order valence-electron chi connectivity index (χ0n) is 17.7. The minimum atomic E-state index is -0.837. The normalized spacial score (nSPS) is 18.2. The second-order valence-corrected chi connectivity index (χ2v) is 7.79. The van der Waals surface area contributed by atoms with E-state index in [0.29, 0.717) is 24.5 Å². The van der Waals surface area contributed by atoms with Crippen molar-refractivity contribution >= 4 is 28.7 Å². The van der Waals surface area contributed by atoms with Crippen molar-refractivity contribution in [3.8, 4) is 0 Å². The Morgan fingerprint density at radius 1 is 1.16 bits per heavy atom. The number of hydrogen-bond acceptors (Lipinski definition) is 7. The van der Waals surface area contributed by atoms with Crippen molar-refractivity contribution in [1.82, 2.24) is 9.97 Å². The highest BCUT2D eigenvalue weighted by Gasteiger charge is 2.27. The molecule has 3 heterocycles. The van der Waals surface area contributed by atoms with E-state index in [9.17, 15) is 14.5 Å². The van der Waals surface area contributed by atoms with Crippen LogP contribution in [0.4, 0.5) is 33.1 Å². The molecule has 3 aromatic rings. The molecule has 2 unspecified atom stereocenters. The molecule has 8 nitrogen and oxygen atoms in total. The van der Waals surface area contributed by atoms with E-state index in [1.54, 1.807) is 18.5 Å². The predicted molar refractivity (Wildman–Crippen MR) is 123 cm³/mol. The van der Waals surface area contributed by atoms with Crippen molar-refractivity contribution < 1.29 is 9.31 Å². The third-order valence-corrected chi connectivity index (χ3v) is 5.65. The van der Waals surface area contributed by atoms with Gasteiger partial charge in [-0.1, -0.05) is 0 Å². The van der Waals surface area contributed by atoms with E-state index in [2.05, 4.69) is 25.5 Å². The largest absolute Gasteiger partial charge is 0.366 e. The van der Waals surface area contributed by atoms with E-state index in [4.69, 9.17) is 0 Å². The molecule has 166 valence electrons. The second kappa shape index (κ2) is 9.59. The van der Waals surface area contributed by atoms with E-state index >= 15 is 0 Å². The summed E-state index contributed by atoms with van der Waals surface area (Å²) in [6, 6.07) is 14.0. The first kappa shape index (κ1) is 21.5. The lowest BCUT2D eigenvalue weighted by Gasteiger charge is -2.37. The first-order chi connectivity index (χ1) is 15.5. The Morgan fingerprint density at radius 2 is 1.91 bits per heavy atom. The Bertz CT molecular complexity index is 1060. The molecule has 4 rings (SSSR count). The molecule has 1 fully saturated rings. The Morgan fingerprint density at radius 3 is 2.62 bits per heavy atom. The van der Waals surface area contributed by atoms with Crippen LogP contribution in [0.3, 0.4) is 0 Å². The molecule has 0 spiro atoms. The van der Waals surface area contributed by atoms with Crippen LogP contribution in [0.25, 0.3) is 0 Å². The van der Waals surface area contributed by atoms with Gasteiger partial charge in [0.2, 0.25) is 5.82 Å². The summed E-state index contributed by atoms with van der Waals surface area (Å²) in [5.74, 6) is 0.667. The van der Waals surface area contributed by atoms with E-state index in [1.165, 1.54) is 6.07 Å². The molecule has 0 amide bonds. The minimum Gasteiger partial charge on any atom is -0.366 e. The van der Waals surface area contributed by atoms with Crippen LogP contribution in [-0.2, 0) is 6.54 Å². The number of pyridine rings is 2. The standard InChI is InChI=1S/C23H25FN6O2/c1-16-20(24)3-2-14-29(16)19-6-4-18(5-7-19)27-23-21(30(31)32)8-9-22(28-23)26-15-17-10-12-25-13-11-17/h4-13,16,20H,2-3,14-15H2,1H3,(H2,26,27,28). The van der Waals surface area contributed by atoms with Crippen LogP contribution in [0.15, 0.2) is 60.9 Å². The summed E-state index contributed by atoms with van der Waals surface area (Å²) in [6.07, 6.45) is 3.99. The fraction of sp³-hybridized carbons (Fsp3) is 0.304. The van der Waals surface area contributed by atoms with Gasteiger partial charge in [-0.05, 0) is 67.8 Å². The number of nitrogens with zero attached hydrogens (tertiary/aromatic N) is 4. The van der Waals surface area contributed by atoms with Gasteiger partial charge in [0, 0.05) is 42.9 Å². The quantitative estimate of drug-likeness (QED) is 0.394. The number of piperidine rings is 1. The average molecular weight is 436 g/mol. The summed E-state index contributed by atoms with van der Waals surface area (Å²) in [7, 11) is 0. The number of rotatable bonds is 7. The van der Waals surface area contributed by atoms with Crippen LogP contribution in [0.5, 0.6) is 0 Å². The molecule has 2 atom stereocenters. The molecular weight excluding hydrogens is 411 g/mol. The van der Waals surface area contributed by atoms with E-state index in [1.807, 2.05) is 43.3 Å². The van der Waals surface area contributed by atoms with Crippen molar-refractivity contribution in [1.29, 1.82) is 0 Å². The van der Waals surface area contributed by atoms with Crippen molar-refractivity contribution in [2.24, 2.45) is 0 Å². The summed E-state index contributed by atoms with van der Waals surface area (Å²) in [4.78, 5) is 21.5. The number of hydrogen-bond donors (Lipinski definition) is 2. The number of nitrogens with one attached hydrogen (secondary N) is 2. The fourth-order valence-corrected chi connectivity index (χ4v) is 3.82. The zero-order chi connectivity index (χ0) is 22.5. The molecule has 2 N–H and O–H groups in total. The monoisotopic (exact) mass is 436 g/mol. The number of halogens is 1. The second-order valence-electron chi connectivity index (χ2n) is 7.79. The van der Waals surface area contributed by atoms with Gasteiger partial charge in [-0.15, -0.1) is 0 Å². The van der Waals surface area contributed by atoms with Gasteiger partial charge < -0.3 is 15.5 Å². The van der Waals surface area contributed by atoms with E-state index in [0.717, 1.165) is 24.2 Å². The van der Waals surface area contributed by atoms with Gasteiger partial charge in [-0.2, -0.15) is 0 Å². The summed E-state index contributed by atoms with van der Waals surface area (Å²) in [5.41, 5.74) is 2.50. The molecular formula is C23H25FN6O2. The van der Waals surface area contributed by atoms with Crippen LogP contribution in [-0.4, -0.2) is 33.6 Å². The Balaban J connectivity index is 1.50. The molecule has 1 saturated heterocycles. The van der Waals surface area contributed by atoms with E-state index in [-0.39, 0.29) is 17.5 Å². The Hall–Kier alpha value is -3.75. The molecule has 0 aliphatic carbocycles. The van der Waals surface area contributed by atoms with E-state index < -0.39 is 11.1 Å². The van der Waals surface area contributed by atoms with Crippen molar-refractivity contribution in [2.75, 3.05) is 22.1 Å². The topological polar surface area (TPSA) is 96.2 Å². The maximum Gasteiger partial charge on any atom is 0.311 e. The van der Waals surface area contributed by atoms with Gasteiger partial charge in [0.05, 0.1) is 11.0 Å². The summed E-state index contributed by atoms with van der Waals surface area (Å²) >= 11 is 0. The molecule has 9 heteroatoms. The maximum atomic E-state index is 14.1. The first-order valence-corrected chi connectivity index (χ1v) is 10.6. The zero-order valence-corrected chi connectivity index (χ0v) is 17.7. The van der Waals surface area contributed by atoms with Crippen LogP contribution < -0.4 is 15.5 Å². The molecule has 0 radical (unpaired) electrons. The van der Waals surface area contributed by atoms with Gasteiger partial charge >= 0.3 is 5.69 Å². The van der Waals surface area contributed by atoms with Crippen LogP contribution in [0.1, 0.15) is 25.3 Å². The van der Waals surface area contributed by atoms with Gasteiger partial charge in [0.1, 0.15) is 12.0 Å². The first-order valence-electron chi connectivity index (χ1n) is 10.6. The highest BCUT2D eigenvalue weighted by atomic mass is 19.1. The number of anilines is 4. The molecule has 0 saturated carbocycles. The van der Waals surface area contributed by atoms with Crippen LogP contribution >= 0.6 is 0 Å². The predicted octanol–water partition coefficient (Wildman–Crippen LogP) is 5.07. The Kier molecular flexibility index (Phi) is 6.44.